The van der Waals surface area contributed by atoms with Gasteiger partial charge in [0.05, 0.1) is 18.7 Å². The summed E-state index contributed by atoms with van der Waals surface area (Å²) in [6.07, 6.45) is 0. The number of hydrogen-bond acceptors (Lipinski definition) is 4. The standard InChI is InChI=1S/C17H15ClN4O/c1-11(10-19)22-16-7-6-14(23-2)9-15(16)17(21-22)20-13-5-3-4-12(18)8-13/h3-9,11H,1-2H3,(H,20,21). The van der Waals surface area contributed by atoms with Gasteiger partial charge in [-0.1, -0.05) is 17.7 Å². The Morgan fingerprint density at radius 2 is 2.13 bits per heavy atom. The number of rotatable bonds is 4. The maximum Gasteiger partial charge on any atom is 0.160 e. The third-order valence-corrected chi connectivity index (χ3v) is 3.79. The fourth-order valence-electron chi connectivity index (χ4n) is 2.39. The molecule has 1 unspecified atom stereocenters. The Morgan fingerprint density at radius 1 is 1.30 bits per heavy atom. The number of anilines is 2. The van der Waals surface area contributed by atoms with Crippen molar-refractivity contribution in [3.8, 4) is 11.8 Å². The van der Waals surface area contributed by atoms with E-state index < -0.39 is 0 Å². The molecule has 5 nitrogen and oxygen atoms in total. The van der Waals surface area contributed by atoms with E-state index in [1.54, 1.807) is 18.7 Å². The Balaban J connectivity index is 2.13. The SMILES string of the molecule is COc1ccc2c(c1)c(Nc1cccc(Cl)c1)nn2C(C)C#N. The Morgan fingerprint density at radius 3 is 2.83 bits per heavy atom. The third-order valence-electron chi connectivity index (χ3n) is 3.55. The summed E-state index contributed by atoms with van der Waals surface area (Å²) in [5.74, 6) is 1.39. The number of hydrogen-bond donors (Lipinski definition) is 1. The van der Waals surface area contributed by atoms with E-state index in [9.17, 15) is 5.26 Å². The fraction of sp³-hybridized carbons (Fsp3) is 0.176. The maximum absolute atomic E-state index is 9.21. The number of methoxy groups -OCH3 is 1. The van der Waals surface area contributed by atoms with Crippen molar-refractivity contribution < 1.29 is 4.74 Å². The van der Waals surface area contributed by atoms with Crippen LogP contribution in [0.2, 0.25) is 5.02 Å². The van der Waals surface area contributed by atoms with Gasteiger partial charge in [0.1, 0.15) is 11.8 Å². The van der Waals surface area contributed by atoms with Gasteiger partial charge in [-0.3, -0.25) is 0 Å². The highest BCUT2D eigenvalue weighted by molar-refractivity contribution is 6.30. The molecule has 0 fully saturated rings. The number of fused-ring (bicyclic) bond motifs is 1. The summed E-state index contributed by atoms with van der Waals surface area (Å²) in [4.78, 5) is 0. The molecule has 1 N–H and O–H groups in total. The van der Waals surface area contributed by atoms with Crippen LogP contribution in [0.3, 0.4) is 0 Å². The molecule has 0 aliphatic heterocycles. The predicted octanol–water partition coefficient (Wildman–Crippen LogP) is 4.53. The number of nitrogens with one attached hydrogen (secondary N) is 1. The molecule has 0 saturated carbocycles. The molecule has 2 aromatic carbocycles. The van der Waals surface area contributed by atoms with Crippen LogP contribution >= 0.6 is 11.6 Å². The van der Waals surface area contributed by atoms with Crippen LogP contribution in [-0.2, 0) is 0 Å². The molecule has 0 aliphatic carbocycles. The number of benzene rings is 2. The topological polar surface area (TPSA) is 62.9 Å². The lowest BCUT2D eigenvalue weighted by Gasteiger charge is -2.04. The second-order valence-electron chi connectivity index (χ2n) is 5.12. The molecular weight excluding hydrogens is 312 g/mol. The fourth-order valence-corrected chi connectivity index (χ4v) is 2.58. The maximum atomic E-state index is 9.21. The molecule has 0 radical (unpaired) electrons. The van der Waals surface area contributed by atoms with Crippen molar-refractivity contribution in [3.05, 3.63) is 47.5 Å². The molecule has 0 amide bonds. The second-order valence-corrected chi connectivity index (χ2v) is 5.55. The van der Waals surface area contributed by atoms with Gasteiger partial charge in [0.2, 0.25) is 0 Å². The van der Waals surface area contributed by atoms with Crippen molar-refractivity contribution in [3.63, 3.8) is 0 Å². The zero-order chi connectivity index (χ0) is 16.4. The van der Waals surface area contributed by atoms with Crippen LogP contribution in [0, 0.1) is 11.3 Å². The van der Waals surface area contributed by atoms with E-state index in [2.05, 4.69) is 16.5 Å². The number of aromatic nitrogens is 2. The Kier molecular flexibility index (Phi) is 4.09. The molecule has 0 spiro atoms. The van der Waals surface area contributed by atoms with Crippen LogP contribution < -0.4 is 10.1 Å². The van der Waals surface area contributed by atoms with Gasteiger partial charge in [-0.2, -0.15) is 10.4 Å². The van der Waals surface area contributed by atoms with Crippen molar-refractivity contribution in [2.24, 2.45) is 0 Å². The summed E-state index contributed by atoms with van der Waals surface area (Å²) in [7, 11) is 1.62. The van der Waals surface area contributed by atoms with E-state index in [1.165, 1.54) is 0 Å². The molecule has 3 rings (SSSR count). The van der Waals surface area contributed by atoms with E-state index in [0.29, 0.717) is 10.8 Å². The molecule has 23 heavy (non-hydrogen) atoms. The molecule has 116 valence electrons. The summed E-state index contributed by atoms with van der Waals surface area (Å²) >= 11 is 6.03. The van der Waals surface area contributed by atoms with Gasteiger partial charge in [-0.15, -0.1) is 0 Å². The zero-order valence-electron chi connectivity index (χ0n) is 12.7. The highest BCUT2D eigenvalue weighted by Gasteiger charge is 2.15. The number of nitriles is 1. The molecular formula is C17H15ClN4O. The zero-order valence-corrected chi connectivity index (χ0v) is 13.5. The number of halogens is 1. The minimum absolute atomic E-state index is 0.374. The summed E-state index contributed by atoms with van der Waals surface area (Å²) in [5, 5.41) is 18.5. The quantitative estimate of drug-likeness (QED) is 0.765. The first-order valence-electron chi connectivity index (χ1n) is 7.11. The highest BCUT2D eigenvalue weighted by atomic mass is 35.5. The van der Waals surface area contributed by atoms with Gasteiger partial charge in [0.15, 0.2) is 5.82 Å². The van der Waals surface area contributed by atoms with E-state index >= 15 is 0 Å². The average molecular weight is 327 g/mol. The number of ether oxygens (including phenoxy) is 1. The van der Waals surface area contributed by atoms with E-state index in [1.807, 2.05) is 42.5 Å². The molecule has 0 saturated heterocycles. The van der Waals surface area contributed by atoms with Crippen LogP contribution in [-0.4, -0.2) is 16.9 Å². The first-order valence-corrected chi connectivity index (χ1v) is 7.48. The molecule has 1 atom stereocenters. The van der Waals surface area contributed by atoms with Crippen LogP contribution in [0.1, 0.15) is 13.0 Å². The first kappa shape index (κ1) is 15.2. The Labute approximate surface area is 139 Å². The largest absolute Gasteiger partial charge is 0.497 e. The van der Waals surface area contributed by atoms with Crippen LogP contribution in [0.15, 0.2) is 42.5 Å². The lowest BCUT2D eigenvalue weighted by atomic mass is 10.2. The monoisotopic (exact) mass is 326 g/mol. The normalized spacial score (nSPS) is 11.9. The number of nitrogens with zero attached hydrogens (tertiary/aromatic N) is 3. The van der Waals surface area contributed by atoms with Gasteiger partial charge in [-0.05, 0) is 43.3 Å². The minimum Gasteiger partial charge on any atom is -0.497 e. The molecule has 3 aromatic rings. The smallest absolute Gasteiger partial charge is 0.160 e. The summed E-state index contributed by atoms with van der Waals surface area (Å²) < 4.78 is 6.99. The Bertz CT molecular complexity index is 897. The molecule has 1 heterocycles. The van der Waals surface area contributed by atoms with E-state index in [0.717, 1.165) is 22.3 Å². The van der Waals surface area contributed by atoms with Gasteiger partial charge in [0, 0.05) is 16.1 Å². The van der Waals surface area contributed by atoms with Crippen LogP contribution in [0.5, 0.6) is 5.75 Å². The van der Waals surface area contributed by atoms with Gasteiger partial charge in [0.25, 0.3) is 0 Å². The van der Waals surface area contributed by atoms with E-state index in [-0.39, 0.29) is 6.04 Å². The molecule has 6 heteroatoms. The van der Waals surface area contributed by atoms with Crippen molar-refractivity contribution >= 4 is 34.0 Å². The third kappa shape index (κ3) is 2.94. The Hall–Kier alpha value is -2.71. The van der Waals surface area contributed by atoms with Gasteiger partial charge < -0.3 is 10.1 Å². The van der Waals surface area contributed by atoms with Crippen molar-refractivity contribution in [1.82, 2.24) is 9.78 Å². The van der Waals surface area contributed by atoms with E-state index in [4.69, 9.17) is 16.3 Å². The van der Waals surface area contributed by atoms with Gasteiger partial charge >= 0.3 is 0 Å². The summed E-state index contributed by atoms with van der Waals surface area (Å²) in [6, 6.07) is 14.9. The average Bonchev–Trinajstić information content (AvgIpc) is 2.92. The predicted molar refractivity (Wildman–Crippen MR) is 91.3 cm³/mol. The molecule has 1 aromatic heterocycles. The molecule has 0 bridgehead atoms. The minimum atomic E-state index is -0.374. The summed E-state index contributed by atoms with van der Waals surface area (Å²) in [6.45, 7) is 1.81. The summed E-state index contributed by atoms with van der Waals surface area (Å²) in [5.41, 5.74) is 1.70. The first-order chi connectivity index (χ1) is 11.1. The highest BCUT2D eigenvalue weighted by Crippen LogP contribution is 2.31. The van der Waals surface area contributed by atoms with Gasteiger partial charge in [-0.25, -0.2) is 4.68 Å². The second kappa shape index (κ2) is 6.19. The lowest BCUT2D eigenvalue weighted by Crippen LogP contribution is -2.04. The van der Waals surface area contributed by atoms with Crippen molar-refractivity contribution in [1.29, 1.82) is 5.26 Å². The van der Waals surface area contributed by atoms with Crippen LogP contribution in [0.4, 0.5) is 11.5 Å². The van der Waals surface area contributed by atoms with Crippen molar-refractivity contribution in [2.75, 3.05) is 12.4 Å². The van der Waals surface area contributed by atoms with Crippen molar-refractivity contribution in [2.45, 2.75) is 13.0 Å². The van der Waals surface area contributed by atoms with Crippen LogP contribution in [0.25, 0.3) is 10.9 Å². The molecule has 0 aliphatic rings. The lowest BCUT2D eigenvalue weighted by molar-refractivity contribution is 0.415.